The average molecular weight is 290 g/mol. The Hall–Kier alpha value is -1.18. The van der Waals surface area contributed by atoms with Crippen LogP contribution in [0.4, 0.5) is 5.13 Å². The van der Waals surface area contributed by atoms with Crippen molar-refractivity contribution in [2.45, 2.75) is 6.42 Å². The summed E-state index contributed by atoms with van der Waals surface area (Å²) < 4.78 is 0. The number of rotatable bonds is 5. The summed E-state index contributed by atoms with van der Waals surface area (Å²) in [5, 5.41) is 17.1. The van der Waals surface area contributed by atoms with Gasteiger partial charge in [0.1, 0.15) is 5.15 Å². The Morgan fingerprint density at radius 3 is 2.82 bits per heavy atom. The van der Waals surface area contributed by atoms with Crippen LogP contribution in [-0.2, 0) is 6.42 Å². The highest BCUT2D eigenvalue weighted by atomic mass is 35.5. The number of hydrogen-bond donors (Lipinski definition) is 2. The molecule has 90 valence electrons. The molecule has 0 aliphatic heterocycles. The lowest BCUT2D eigenvalue weighted by Gasteiger charge is -1.99. The van der Waals surface area contributed by atoms with E-state index in [4.69, 9.17) is 16.7 Å². The van der Waals surface area contributed by atoms with Crippen molar-refractivity contribution in [3.05, 3.63) is 26.6 Å². The van der Waals surface area contributed by atoms with Gasteiger partial charge >= 0.3 is 5.97 Å². The highest BCUT2D eigenvalue weighted by Gasteiger charge is 2.08. The van der Waals surface area contributed by atoms with Crippen molar-refractivity contribution >= 4 is 45.4 Å². The molecule has 0 aliphatic carbocycles. The van der Waals surface area contributed by atoms with E-state index in [0.29, 0.717) is 18.1 Å². The zero-order valence-electron chi connectivity index (χ0n) is 8.51. The first kappa shape index (κ1) is 12.3. The van der Waals surface area contributed by atoms with Gasteiger partial charge < -0.3 is 10.4 Å². The third kappa shape index (κ3) is 3.39. The molecule has 2 aromatic rings. The second kappa shape index (κ2) is 5.44. The third-order valence-corrected chi connectivity index (χ3v) is 3.89. The van der Waals surface area contributed by atoms with Crippen LogP contribution in [0.5, 0.6) is 0 Å². The summed E-state index contributed by atoms with van der Waals surface area (Å²) in [6, 6.07) is 0. The zero-order chi connectivity index (χ0) is 12.3. The number of hydrogen-bond acceptors (Lipinski definition) is 6. The van der Waals surface area contributed by atoms with E-state index in [-0.39, 0.29) is 5.69 Å². The van der Waals surface area contributed by atoms with Gasteiger partial charge in [0.25, 0.3) is 0 Å². The first-order valence-electron chi connectivity index (χ1n) is 4.68. The molecule has 0 unspecified atom stereocenters. The summed E-state index contributed by atoms with van der Waals surface area (Å²) in [6.07, 6.45) is 0.662. The Bertz CT molecular complexity index is 526. The van der Waals surface area contributed by atoms with E-state index in [1.165, 1.54) is 28.1 Å². The molecule has 2 aromatic heterocycles. The molecule has 0 aliphatic rings. The van der Waals surface area contributed by atoms with E-state index in [0.717, 1.165) is 10.1 Å². The molecule has 0 bridgehead atoms. The molecule has 17 heavy (non-hydrogen) atoms. The standard InChI is InChI=1S/C9H8ClN3O2S2/c10-6-4-17-9(13-6)11-2-1-7-12-5(3-16-7)8(14)15/h3-4H,1-2H2,(H,11,13)(H,14,15). The van der Waals surface area contributed by atoms with Crippen molar-refractivity contribution in [1.82, 2.24) is 9.97 Å². The molecule has 2 rings (SSSR count). The summed E-state index contributed by atoms with van der Waals surface area (Å²) in [6.45, 7) is 0.649. The lowest BCUT2D eigenvalue weighted by atomic mass is 10.4. The zero-order valence-corrected chi connectivity index (χ0v) is 10.9. The molecule has 0 spiro atoms. The van der Waals surface area contributed by atoms with Gasteiger partial charge in [0.15, 0.2) is 10.8 Å². The maximum Gasteiger partial charge on any atom is 0.355 e. The highest BCUT2D eigenvalue weighted by molar-refractivity contribution is 7.14. The van der Waals surface area contributed by atoms with Crippen molar-refractivity contribution < 1.29 is 9.90 Å². The lowest BCUT2D eigenvalue weighted by molar-refractivity contribution is 0.0691. The molecule has 0 aromatic carbocycles. The Kier molecular flexibility index (Phi) is 3.93. The monoisotopic (exact) mass is 289 g/mol. The van der Waals surface area contributed by atoms with Crippen LogP contribution < -0.4 is 5.32 Å². The predicted molar refractivity (Wildman–Crippen MR) is 68.4 cm³/mol. The molecule has 0 saturated carbocycles. The number of thiazole rings is 2. The average Bonchev–Trinajstić information content (AvgIpc) is 2.88. The number of carboxylic acids is 1. The second-order valence-electron chi connectivity index (χ2n) is 3.08. The van der Waals surface area contributed by atoms with Gasteiger partial charge in [-0.3, -0.25) is 0 Å². The molecule has 0 amide bonds. The van der Waals surface area contributed by atoms with Crippen LogP contribution >= 0.6 is 34.3 Å². The van der Waals surface area contributed by atoms with Crippen LogP contribution in [-0.4, -0.2) is 27.6 Å². The summed E-state index contributed by atoms with van der Waals surface area (Å²) in [4.78, 5) is 18.6. The molecule has 8 heteroatoms. The number of carboxylic acid groups (broad SMARTS) is 1. The van der Waals surface area contributed by atoms with Gasteiger partial charge in [-0.1, -0.05) is 11.6 Å². The van der Waals surface area contributed by atoms with Gasteiger partial charge in [-0.25, -0.2) is 14.8 Å². The van der Waals surface area contributed by atoms with Gasteiger partial charge in [0.05, 0.1) is 5.01 Å². The molecule has 0 radical (unpaired) electrons. The minimum atomic E-state index is -0.993. The van der Waals surface area contributed by atoms with E-state index in [9.17, 15) is 4.79 Å². The number of aromatic carboxylic acids is 1. The van der Waals surface area contributed by atoms with Crippen LogP contribution in [0.25, 0.3) is 0 Å². The predicted octanol–water partition coefficient (Wildman–Crippen LogP) is 2.61. The van der Waals surface area contributed by atoms with E-state index in [1.54, 1.807) is 5.38 Å². The molecule has 2 heterocycles. The largest absolute Gasteiger partial charge is 0.476 e. The number of halogens is 1. The Morgan fingerprint density at radius 2 is 2.24 bits per heavy atom. The number of carbonyl (C=O) groups is 1. The molecule has 5 nitrogen and oxygen atoms in total. The number of nitrogens with zero attached hydrogens (tertiary/aromatic N) is 2. The van der Waals surface area contributed by atoms with Crippen LogP contribution in [0, 0.1) is 0 Å². The van der Waals surface area contributed by atoms with Gasteiger partial charge in [0, 0.05) is 23.7 Å². The summed E-state index contributed by atoms with van der Waals surface area (Å²) in [7, 11) is 0. The van der Waals surface area contributed by atoms with Crippen molar-refractivity contribution in [3.8, 4) is 0 Å². The number of aromatic nitrogens is 2. The minimum Gasteiger partial charge on any atom is -0.476 e. The normalized spacial score (nSPS) is 10.4. The second-order valence-corrected chi connectivity index (χ2v) is 5.27. The quantitative estimate of drug-likeness (QED) is 0.885. The van der Waals surface area contributed by atoms with Gasteiger partial charge in [-0.2, -0.15) is 0 Å². The van der Waals surface area contributed by atoms with Crippen LogP contribution in [0.1, 0.15) is 15.5 Å². The maximum atomic E-state index is 10.6. The van der Waals surface area contributed by atoms with Crippen LogP contribution in [0.2, 0.25) is 5.15 Å². The van der Waals surface area contributed by atoms with Crippen molar-refractivity contribution in [3.63, 3.8) is 0 Å². The molecule has 2 N–H and O–H groups in total. The topological polar surface area (TPSA) is 75.1 Å². The van der Waals surface area contributed by atoms with E-state index >= 15 is 0 Å². The molecular weight excluding hydrogens is 282 g/mol. The minimum absolute atomic E-state index is 0.0993. The fourth-order valence-corrected chi connectivity index (χ4v) is 2.77. The smallest absolute Gasteiger partial charge is 0.355 e. The molecule has 0 saturated heterocycles. The van der Waals surface area contributed by atoms with Gasteiger partial charge in [-0.15, -0.1) is 22.7 Å². The number of nitrogens with one attached hydrogen (secondary N) is 1. The summed E-state index contributed by atoms with van der Waals surface area (Å²) >= 11 is 8.45. The van der Waals surface area contributed by atoms with Crippen molar-refractivity contribution in [2.75, 3.05) is 11.9 Å². The van der Waals surface area contributed by atoms with E-state index in [1.807, 2.05) is 0 Å². The summed E-state index contributed by atoms with van der Waals surface area (Å²) in [5.74, 6) is -0.993. The molecular formula is C9H8ClN3O2S2. The van der Waals surface area contributed by atoms with Gasteiger partial charge in [-0.05, 0) is 0 Å². The Labute approximate surface area is 110 Å². The van der Waals surface area contributed by atoms with Crippen LogP contribution in [0.15, 0.2) is 10.8 Å². The van der Waals surface area contributed by atoms with E-state index in [2.05, 4.69) is 15.3 Å². The highest BCUT2D eigenvalue weighted by Crippen LogP contribution is 2.19. The van der Waals surface area contributed by atoms with Crippen molar-refractivity contribution in [2.24, 2.45) is 0 Å². The molecule has 0 fully saturated rings. The first-order valence-corrected chi connectivity index (χ1v) is 6.81. The maximum absolute atomic E-state index is 10.6. The summed E-state index contributed by atoms with van der Waals surface area (Å²) in [5.41, 5.74) is 0.0993. The fourth-order valence-electron chi connectivity index (χ4n) is 1.14. The lowest BCUT2D eigenvalue weighted by Crippen LogP contribution is -2.05. The Balaban J connectivity index is 1.83. The van der Waals surface area contributed by atoms with Crippen LogP contribution in [0.3, 0.4) is 0 Å². The SMILES string of the molecule is O=C(O)c1csc(CCNc2nc(Cl)cs2)n1. The fraction of sp³-hybridized carbons (Fsp3) is 0.222. The number of anilines is 1. The van der Waals surface area contributed by atoms with Gasteiger partial charge in [0.2, 0.25) is 0 Å². The molecule has 0 atom stereocenters. The Morgan fingerprint density at radius 1 is 1.41 bits per heavy atom. The van der Waals surface area contributed by atoms with E-state index < -0.39 is 5.97 Å². The van der Waals surface area contributed by atoms with Crippen molar-refractivity contribution in [1.29, 1.82) is 0 Å². The third-order valence-electron chi connectivity index (χ3n) is 1.86. The first-order chi connectivity index (χ1) is 8.15.